The van der Waals surface area contributed by atoms with Crippen LogP contribution in [0.15, 0.2) is 15.9 Å². The van der Waals surface area contributed by atoms with Crippen LogP contribution in [-0.4, -0.2) is 60.5 Å². The Morgan fingerprint density at radius 1 is 1.15 bits per heavy atom. The summed E-state index contributed by atoms with van der Waals surface area (Å²) in [5.74, 6) is 0.0455. The zero-order valence-corrected chi connectivity index (χ0v) is 17.4. The maximum absolute atomic E-state index is 12.3. The Bertz CT molecular complexity index is 610. The largest absolute Gasteiger partial charge is 0.353 e. The standard InChI is InChI=1S/C18H27BrN4O2S/c19-16-6-5-15(26-16)13-22-9-11-23(12-10-22)18(25)20-8-7-17(24)21-14-3-1-2-4-14/h5-6,14H,1-4,7-13H2,(H,20,25)(H,21,24). The summed E-state index contributed by atoms with van der Waals surface area (Å²) in [5.41, 5.74) is 0. The molecule has 2 aliphatic rings. The van der Waals surface area contributed by atoms with Crippen molar-refractivity contribution in [2.75, 3.05) is 32.7 Å². The number of urea groups is 1. The second-order valence-electron chi connectivity index (χ2n) is 7.00. The van der Waals surface area contributed by atoms with Crippen molar-refractivity contribution in [3.05, 3.63) is 20.8 Å². The topological polar surface area (TPSA) is 64.7 Å². The van der Waals surface area contributed by atoms with Crippen LogP contribution >= 0.6 is 27.3 Å². The number of nitrogens with one attached hydrogen (secondary N) is 2. The van der Waals surface area contributed by atoms with E-state index in [1.54, 1.807) is 11.3 Å². The SMILES string of the molecule is O=C(CCNC(=O)N1CCN(Cc2ccc(Br)s2)CC1)NC1CCCC1. The van der Waals surface area contributed by atoms with E-state index in [1.807, 2.05) is 4.90 Å². The van der Waals surface area contributed by atoms with Gasteiger partial charge in [0.25, 0.3) is 0 Å². The van der Waals surface area contributed by atoms with Crippen LogP contribution in [0.25, 0.3) is 0 Å². The molecule has 1 aliphatic heterocycles. The van der Waals surface area contributed by atoms with Crippen LogP contribution in [0.5, 0.6) is 0 Å². The number of thiophene rings is 1. The van der Waals surface area contributed by atoms with E-state index in [-0.39, 0.29) is 11.9 Å². The first-order valence-electron chi connectivity index (χ1n) is 9.39. The number of halogens is 1. The molecule has 26 heavy (non-hydrogen) atoms. The molecule has 0 bridgehead atoms. The lowest BCUT2D eigenvalue weighted by atomic mass is 10.2. The maximum atomic E-state index is 12.3. The molecule has 1 aromatic rings. The highest BCUT2D eigenvalue weighted by atomic mass is 79.9. The molecule has 0 unspecified atom stereocenters. The fraction of sp³-hybridized carbons (Fsp3) is 0.667. The lowest BCUT2D eigenvalue weighted by Gasteiger charge is -2.34. The van der Waals surface area contributed by atoms with Gasteiger partial charge in [-0.15, -0.1) is 11.3 Å². The van der Waals surface area contributed by atoms with Crippen molar-refractivity contribution in [3.63, 3.8) is 0 Å². The van der Waals surface area contributed by atoms with Crippen molar-refractivity contribution >= 4 is 39.2 Å². The summed E-state index contributed by atoms with van der Waals surface area (Å²) in [7, 11) is 0. The van der Waals surface area contributed by atoms with Crippen LogP contribution < -0.4 is 10.6 Å². The zero-order valence-electron chi connectivity index (χ0n) is 15.0. The summed E-state index contributed by atoms with van der Waals surface area (Å²) in [4.78, 5) is 29.7. The monoisotopic (exact) mass is 442 g/mol. The Hall–Kier alpha value is -1.12. The summed E-state index contributed by atoms with van der Waals surface area (Å²) in [6.45, 7) is 4.56. The molecule has 1 aliphatic carbocycles. The maximum Gasteiger partial charge on any atom is 0.317 e. The number of piperazine rings is 1. The lowest BCUT2D eigenvalue weighted by molar-refractivity contribution is -0.121. The molecule has 0 atom stereocenters. The first kappa shape index (κ1) is 19.6. The molecule has 1 saturated carbocycles. The van der Waals surface area contributed by atoms with Gasteiger partial charge in [-0.2, -0.15) is 0 Å². The number of carbonyl (C=O) groups excluding carboxylic acids is 2. The first-order valence-corrected chi connectivity index (χ1v) is 11.0. The molecule has 2 N–H and O–H groups in total. The molecule has 0 spiro atoms. The smallest absolute Gasteiger partial charge is 0.317 e. The second-order valence-corrected chi connectivity index (χ2v) is 9.55. The van der Waals surface area contributed by atoms with Crippen LogP contribution in [-0.2, 0) is 11.3 Å². The van der Waals surface area contributed by atoms with Crippen LogP contribution in [0.4, 0.5) is 4.79 Å². The third kappa shape index (κ3) is 5.96. The molecule has 6 nitrogen and oxygen atoms in total. The fourth-order valence-corrected chi connectivity index (χ4v) is 5.06. The fourth-order valence-electron chi connectivity index (χ4n) is 3.53. The highest BCUT2D eigenvalue weighted by Gasteiger charge is 2.22. The minimum atomic E-state index is -0.0582. The van der Waals surface area contributed by atoms with Gasteiger partial charge in [-0.25, -0.2) is 4.79 Å². The zero-order chi connectivity index (χ0) is 18.4. The Kier molecular flexibility index (Phi) is 7.33. The van der Waals surface area contributed by atoms with Gasteiger partial charge in [0, 0.05) is 56.6 Å². The van der Waals surface area contributed by atoms with E-state index in [9.17, 15) is 9.59 Å². The van der Waals surface area contributed by atoms with Gasteiger partial charge in [0.2, 0.25) is 5.91 Å². The Morgan fingerprint density at radius 3 is 2.54 bits per heavy atom. The molecule has 8 heteroatoms. The van der Waals surface area contributed by atoms with Gasteiger partial charge in [-0.1, -0.05) is 12.8 Å². The predicted octanol–water partition coefficient (Wildman–Crippen LogP) is 2.79. The highest BCUT2D eigenvalue weighted by Crippen LogP contribution is 2.23. The van der Waals surface area contributed by atoms with Crippen molar-refractivity contribution in [3.8, 4) is 0 Å². The van der Waals surface area contributed by atoms with E-state index in [2.05, 4.69) is 43.6 Å². The van der Waals surface area contributed by atoms with Gasteiger partial charge in [0.1, 0.15) is 0 Å². The van der Waals surface area contributed by atoms with Gasteiger partial charge in [0.05, 0.1) is 3.79 Å². The van der Waals surface area contributed by atoms with E-state index in [0.717, 1.165) is 49.4 Å². The summed E-state index contributed by atoms with van der Waals surface area (Å²) in [6, 6.07) is 4.50. The van der Waals surface area contributed by atoms with Crippen molar-refractivity contribution in [2.45, 2.75) is 44.7 Å². The summed E-state index contributed by atoms with van der Waals surface area (Å²) < 4.78 is 1.16. The number of hydrogen-bond donors (Lipinski definition) is 2. The third-order valence-corrected chi connectivity index (χ3v) is 6.62. The van der Waals surface area contributed by atoms with Crippen LogP contribution in [0, 0.1) is 0 Å². The molecule has 1 saturated heterocycles. The van der Waals surface area contributed by atoms with Crippen molar-refractivity contribution in [2.24, 2.45) is 0 Å². The molecule has 3 rings (SSSR count). The van der Waals surface area contributed by atoms with Crippen LogP contribution in [0.1, 0.15) is 37.0 Å². The molecule has 0 radical (unpaired) electrons. The Balaban J connectivity index is 1.30. The summed E-state index contributed by atoms with van der Waals surface area (Å²) >= 11 is 5.25. The van der Waals surface area contributed by atoms with Crippen molar-refractivity contribution in [1.29, 1.82) is 0 Å². The molecule has 2 fully saturated rings. The van der Waals surface area contributed by atoms with Gasteiger partial charge < -0.3 is 15.5 Å². The normalized spacial score (nSPS) is 18.9. The Morgan fingerprint density at radius 2 is 1.88 bits per heavy atom. The summed E-state index contributed by atoms with van der Waals surface area (Å²) in [6.07, 6.45) is 4.94. The number of nitrogens with zero attached hydrogens (tertiary/aromatic N) is 2. The lowest BCUT2D eigenvalue weighted by Crippen LogP contribution is -2.51. The predicted molar refractivity (Wildman–Crippen MR) is 107 cm³/mol. The van der Waals surface area contributed by atoms with Gasteiger partial charge in [-0.3, -0.25) is 9.69 Å². The van der Waals surface area contributed by atoms with Gasteiger partial charge in [-0.05, 0) is 40.9 Å². The van der Waals surface area contributed by atoms with Crippen LogP contribution in [0.3, 0.4) is 0 Å². The number of carbonyl (C=O) groups is 2. The number of rotatable bonds is 6. The molecule has 144 valence electrons. The number of hydrogen-bond acceptors (Lipinski definition) is 4. The van der Waals surface area contributed by atoms with E-state index in [1.165, 1.54) is 17.7 Å². The molecular formula is C18H27BrN4O2S. The molecule has 0 aromatic carbocycles. The minimum Gasteiger partial charge on any atom is -0.353 e. The summed E-state index contributed by atoms with van der Waals surface area (Å²) in [5, 5.41) is 5.93. The van der Waals surface area contributed by atoms with Crippen molar-refractivity contribution in [1.82, 2.24) is 20.4 Å². The Labute approximate surface area is 167 Å². The highest BCUT2D eigenvalue weighted by molar-refractivity contribution is 9.11. The van der Waals surface area contributed by atoms with Crippen molar-refractivity contribution < 1.29 is 9.59 Å². The van der Waals surface area contributed by atoms with Crippen LogP contribution in [0.2, 0.25) is 0 Å². The third-order valence-electron chi connectivity index (χ3n) is 5.02. The van der Waals surface area contributed by atoms with E-state index >= 15 is 0 Å². The minimum absolute atomic E-state index is 0.0455. The first-order chi connectivity index (χ1) is 12.6. The van der Waals surface area contributed by atoms with E-state index < -0.39 is 0 Å². The number of amides is 3. The van der Waals surface area contributed by atoms with Gasteiger partial charge >= 0.3 is 6.03 Å². The van der Waals surface area contributed by atoms with Gasteiger partial charge in [0.15, 0.2) is 0 Å². The molecule has 2 heterocycles. The average Bonchev–Trinajstić information content (AvgIpc) is 3.27. The molecule has 1 aromatic heterocycles. The second kappa shape index (κ2) is 9.71. The molecular weight excluding hydrogens is 416 g/mol. The molecule has 3 amide bonds. The average molecular weight is 443 g/mol. The quantitative estimate of drug-likeness (QED) is 0.711. The van der Waals surface area contributed by atoms with E-state index in [4.69, 9.17) is 0 Å². The van der Waals surface area contributed by atoms with E-state index in [0.29, 0.717) is 19.0 Å².